The molecule has 4 aromatic rings. The van der Waals surface area contributed by atoms with E-state index in [2.05, 4.69) is 144 Å². The third-order valence-electron chi connectivity index (χ3n) is 8.58. The molecule has 0 aliphatic rings. The van der Waals surface area contributed by atoms with Gasteiger partial charge in [-0.3, -0.25) is 4.90 Å². The fourth-order valence-electron chi connectivity index (χ4n) is 6.09. The summed E-state index contributed by atoms with van der Waals surface area (Å²) in [7, 11) is 0.569. The Labute approximate surface area is 257 Å². The third-order valence-corrected chi connectivity index (χ3v) is 10.9. The number of aromatic hydroxyl groups is 1. The molecule has 4 aromatic carbocycles. The maximum atomic E-state index is 11.6. The van der Waals surface area contributed by atoms with E-state index in [0.717, 1.165) is 50.0 Å². The molecular weight excluding hydrogens is 529 g/mol. The highest BCUT2D eigenvalue weighted by atomic mass is 31.1. The minimum atomic E-state index is -0.116. The van der Waals surface area contributed by atoms with Crippen LogP contribution in [-0.4, -0.2) is 10.0 Å². The molecule has 4 rings (SSSR count). The Bertz CT molecular complexity index is 1400. The molecule has 0 saturated heterocycles. The number of phenolic OH excluding ortho intramolecular Hbond substituents is 1. The summed E-state index contributed by atoms with van der Waals surface area (Å²) >= 11 is 0. The number of benzene rings is 4. The first-order valence-electron chi connectivity index (χ1n) is 15.6. The summed E-state index contributed by atoms with van der Waals surface area (Å²) in [5.74, 6) is 0.482. The molecule has 0 spiro atoms. The maximum Gasteiger partial charge on any atom is 0.122 e. The van der Waals surface area contributed by atoms with E-state index < -0.39 is 0 Å². The second-order valence-corrected chi connectivity index (χ2v) is 14.7. The van der Waals surface area contributed by atoms with Crippen LogP contribution in [0, 0.1) is 13.8 Å². The molecule has 3 heteroatoms. The molecule has 0 saturated carbocycles. The Hall–Kier alpha value is -2.93. The first kappa shape index (κ1) is 32.0. The lowest BCUT2D eigenvalue weighted by Gasteiger charge is -2.37. The average Bonchev–Trinajstić information content (AvgIpc) is 2.96. The van der Waals surface area contributed by atoms with Crippen LogP contribution in [0.1, 0.15) is 92.8 Å². The fraction of sp³-hybridized carbons (Fsp3) is 0.385. The van der Waals surface area contributed by atoms with Gasteiger partial charge in [-0.2, -0.15) is 0 Å². The molecule has 2 atom stereocenters. The highest BCUT2D eigenvalue weighted by molar-refractivity contribution is 7.48. The van der Waals surface area contributed by atoms with Crippen molar-refractivity contribution in [3.8, 4) is 5.75 Å². The van der Waals surface area contributed by atoms with Crippen LogP contribution in [0.5, 0.6) is 5.75 Å². The van der Waals surface area contributed by atoms with Gasteiger partial charge < -0.3 is 5.11 Å². The predicted octanol–water partition coefficient (Wildman–Crippen LogP) is 9.92. The first-order chi connectivity index (χ1) is 20.1. The van der Waals surface area contributed by atoms with E-state index in [-0.39, 0.29) is 10.6 Å². The van der Waals surface area contributed by atoms with Crippen LogP contribution in [0.2, 0.25) is 0 Å². The summed E-state index contributed by atoms with van der Waals surface area (Å²) in [6.45, 7) is 18.4. The topological polar surface area (TPSA) is 23.5 Å². The van der Waals surface area contributed by atoms with Crippen molar-refractivity contribution in [1.29, 1.82) is 0 Å². The maximum absolute atomic E-state index is 11.6. The summed E-state index contributed by atoms with van der Waals surface area (Å²) in [5, 5.41) is 12.9. The van der Waals surface area contributed by atoms with Crippen molar-refractivity contribution in [3.63, 3.8) is 0 Å². The Morgan fingerprint density at radius 2 is 1.31 bits per heavy atom. The van der Waals surface area contributed by atoms with E-state index in [9.17, 15) is 5.11 Å². The number of nitrogens with zero attached hydrogens (tertiary/aromatic N) is 1. The Balaban J connectivity index is 1.77. The van der Waals surface area contributed by atoms with Crippen LogP contribution >= 0.6 is 8.58 Å². The number of rotatable bonds is 12. The average molecular weight is 580 g/mol. The van der Waals surface area contributed by atoms with Crippen molar-refractivity contribution in [2.24, 2.45) is 0 Å². The van der Waals surface area contributed by atoms with Gasteiger partial charge in [-0.25, -0.2) is 0 Å². The molecule has 0 aliphatic carbocycles. The predicted molar refractivity (Wildman–Crippen MR) is 183 cm³/mol. The number of aryl methyl sites for hydroxylation is 2. The molecule has 0 aliphatic heterocycles. The Morgan fingerprint density at radius 3 is 1.83 bits per heavy atom. The number of hydrogen-bond donors (Lipinski definition) is 1. The molecule has 2 unspecified atom stereocenters. The van der Waals surface area contributed by atoms with Crippen molar-refractivity contribution >= 4 is 13.9 Å². The minimum Gasteiger partial charge on any atom is -0.507 e. The van der Waals surface area contributed by atoms with Gasteiger partial charge >= 0.3 is 0 Å². The minimum absolute atomic E-state index is 0.0191. The lowest BCUT2D eigenvalue weighted by Crippen LogP contribution is -2.29. The van der Waals surface area contributed by atoms with Crippen LogP contribution in [0.4, 0.5) is 0 Å². The normalized spacial score (nSPS) is 13.6. The van der Waals surface area contributed by atoms with Crippen LogP contribution in [0.15, 0.2) is 91.0 Å². The van der Waals surface area contributed by atoms with Crippen molar-refractivity contribution in [2.45, 2.75) is 97.9 Å². The van der Waals surface area contributed by atoms with Gasteiger partial charge in [0.15, 0.2) is 0 Å². The van der Waals surface area contributed by atoms with Crippen molar-refractivity contribution < 1.29 is 5.11 Å². The van der Waals surface area contributed by atoms with E-state index in [0.29, 0.717) is 14.3 Å². The van der Waals surface area contributed by atoms with Gasteiger partial charge in [-0.1, -0.05) is 141 Å². The van der Waals surface area contributed by atoms with Crippen molar-refractivity contribution in [3.05, 3.63) is 130 Å². The third kappa shape index (κ3) is 7.71. The largest absolute Gasteiger partial charge is 0.507 e. The van der Waals surface area contributed by atoms with Gasteiger partial charge in [0.1, 0.15) is 5.75 Å². The molecule has 0 bridgehead atoms. The van der Waals surface area contributed by atoms with Crippen LogP contribution in [0.3, 0.4) is 0 Å². The van der Waals surface area contributed by atoms with Crippen LogP contribution in [0.25, 0.3) is 0 Å². The van der Waals surface area contributed by atoms with Crippen molar-refractivity contribution in [2.75, 3.05) is 0 Å². The number of hydrogen-bond acceptors (Lipinski definition) is 2. The van der Waals surface area contributed by atoms with E-state index in [1.165, 1.54) is 33.1 Å². The van der Waals surface area contributed by atoms with Gasteiger partial charge in [0.25, 0.3) is 0 Å². The van der Waals surface area contributed by atoms with Gasteiger partial charge in [0.2, 0.25) is 0 Å². The zero-order valence-electron chi connectivity index (χ0n) is 26.8. The Kier molecular flexibility index (Phi) is 10.7. The SMILES string of the molecule is CCCC(CC)(Pc1c(C)cccc1CN(Cc1ccccc1)Cc1ccccc1)c1cc(C(C)(C)C)cc(C)c1O. The van der Waals surface area contributed by atoms with Gasteiger partial charge in [-0.15, -0.1) is 0 Å². The monoisotopic (exact) mass is 579 g/mol. The van der Waals surface area contributed by atoms with Gasteiger partial charge in [0.05, 0.1) is 0 Å². The van der Waals surface area contributed by atoms with E-state index in [1.807, 2.05) is 0 Å². The second-order valence-electron chi connectivity index (χ2n) is 13.0. The lowest BCUT2D eigenvalue weighted by molar-refractivity contribution is 0.248. The van der Waals surface area contributed by atoms with E-state index in [4.69, 9.17) is 0 Å². The molecule has 222 valence electrons. The summed E-state index contributed by atoms with van der Waals surface area (Å²) in [5.41, 5.74) is 8.85. The smallest absolute Gasteiger partial charge is 0.122 e. The van der Waals surface area contributed by atoms with Crippen LogP contribution < -0.4 is 5.30 Å². The summed E-state index contributed by atoms with van der Waals surface area (Å²) in [6, 6.07) is 33.0. The zero-order valence-corrected chi connectivity index (χ0v) is 27.8. The van der Waals surface area contributed by atoms with E-state index in [1.54, 1.807) is 0 Å². The lowest BCUT2D eigenvalue weighted by atomic mass is 9.81. The molecule has 0 radical (unpaired) electrons. The fourth-order valence-corrected chi connectivity index (χ4v) is 8.05. The van der Waals surface area contributed by atoms with Gasteiger partial charge in [0, 0.05) is 30.4 Å². The van der Waals surface area contributed by atoms with Gasteiger partial charge in [-0.05, 0) is 70.8 Å². The van der Waals surface area contributed by atoms with Crippen LogP contribution in [-0.2, 0) is 30.2 Å². The Morgan fingerprint density at radius 1 is 0.714 bits per heavy atom. The molecule has 1 N–H and O–H groups in total. The quantitative estimate of drug-likeness (QED) is 0.169. The molecule has 0 fully saturated rings. The standard InChI is InChI=1S/C39H50NOP/c1-8-23-39(9-2,35-25-34(38(5,6)7)24-30(4)36(35)41)42-37-29(3)17-16-22-33(37)28-40(26-31-18-12-10-13-19-31)27-32-20-14-11-15-21-32/h10-22,24-25,41-42H,8-9,23,26-28H2,1-7H3. The van der Waals surface area contributed by atoms with Crippen molar-refractivity contribution in [1.82, 2.24) is 4.90 Å². The number of phenols is 1. The highest BCUT2D eigenvalue weighted by Gasteiger charge is 2.35. The van der Waals surface area contributed by atoms with E-state index >= 15 is 0 Å². The molecule has 0 heterocycles. The molecule has 42 heavy (non-hydrogen) atoms. The summed E-state index contributed by atoms with van der Waals surface area (Å²) in [6.07, 6.45) is 3.12. The molecular formula is C39H50NOP. The highest BCUT2D eigenvalue weighted by Crippen LogP contribution is 2.52. The molecule has 2 nitrogen and oxygen atoms in total. The zero-order chi connectivity index (χ0) is 30.3. The first-order valence-corrected chi connectivity index (χ1v) is 16.6. The summed E-state index contributed by atoms with van der Waals surface area (Å²) in [4.78, 5) is 2.57. The molecule has 0 aromatic heterocycles. The molecule has 0 amide bonds. The second kappa shape index (κ2) is 14.0. The summed E-state index contributed by atoms with van der Waals surface area (Å²) < 4.78 is 0.